The molecule has 3 amide bonds. The lowest BCUT2D eigenvalue weighted by Gasteiger charge is -2.18. The minimum absolute atomic E-state index is 0.0303. The number of aliphatic imine (C=N–C) groups is 2. The number of nitriles is 2. The van der Waals surface area contributed by atoms with Gasteiger partial charge in [-0.05, 0) is 251 Å². The van der Waals surface area contributed by atoms with Gasteiger partial charge in [-0.1, -0.05) is 276 Å². The molecule has 0 aliphatic rings. The highest BCUT2D eigenvalue weighted by atomic mass is 35.5. The molecule has 0 saturated heterocycles. The predicted octanol–water partition coefficient (Wildman–Crippen LogP) is 25.2. The van der Waals surface area contributed by atoms with E-state index >= 15 is 0 Å². The van der Waals surface area contributed by atoms with Gasteiger partial charge in [-0.25, -0.2) is 14.8 Å². The number of alkyl halides is 6. The number of anilines is 1. The number of rotatable bonds is 26. The summed E-state index contributed by atoms with van der Waals surface area (Å²) in [4.78, 5) is 40.5. The average molecular weight is 1810 g/mol. The summed E-state index contributed by atoms with van der Waals surface area (Å²) in [6.45, 7) is 48.8. The third-order valence-electron chi connectivity index (χ3n) is 17.0. The molecule has 7 aromatic carbocycles. The topological polar surface area (TPSA) is 295 Å². The third-order valence-corrected chi connectivity index (χ3v) is 17.4. The molecule has 0 atom stereocenters. The number of aromatic nitrogens is 2. The number of guanidine groups is 1. The Kier molecular flexibility index (Phi) is 55.1. The Morgan fingerprint density at radius 1 is 0.484 bits per heavy atom. The summed E-state index contributed by atoms with van der Waals surface area (Å²) in [6.07, 6.45) is 7.08. The number of pyridine rings is 2. The summed E-state index contributed by atoms with van der Waals surface area (Å²) >= 11 is 11.4. The second-order valence-electron chi connectivity index (χ2n) is 35.2. The monoisotopic (exact) mass is 1810 g/mol. The molecule has 0 unspecified atom stereocenters. The fourth-order valence-electron chi connectivity index (χ4n) is 12.3. The molecule has 26 heteroatoms. The highest BCUT2D eigenvalue weighted by Crippen LogP contribution is 2.29. The molecule has 2 aromatic heterocycles. The molecule has 128 heavy (non-hydrogen) atoms. The van der Waals surface area contributed by atoms with Crippen LogP contribution in [0, 0.1) is 82.2 Å². The number of amidine groups is 1. The van der Waals surface area contributed by atoms with E-state index in [0.29, 0.717) is 84.2 Å². The van der Waals surface area contributed by atoms with Crippen LogP contribution in [0.1, 0.15) is 209 Å². The minimum Gasteiger partial charge on any atom is -0.406 e. The zero-order chi connectivity index (χ0) is 96.7. The molecule has 18 nitrogen and oxygen atoms in total. The van der Waals surface area contributed by atoms with Gasteiger partial charge in [0.2, 0.25) is 12.2 Å². The predicted molar refractivity (Wildman–Crippen MR) is 514 cm³/mol. The Morgan fingerprint density at radius 3 is 1.31 bits per heavy atom. The standard InChI is InChI=1S/C13H18N4.C13H17N3.C13H19NO.C12H18N2O.C11H12ClF3O.C11H13F3O.C10H12N2.C10H15N.C9H12ClN/c1-10(2)6-11-4-3-5-12(7-11)8-16-13(15)17-9-14;1-10(2)6-11-4-3-5-12(7-11)8-13(15)16-9-14;1-13(2,3)9-10-5-7-11(8-6-10)12(15)14-4;1-9(2)6-10-4-3-5-11(7-10)8-14-12(13)15;1-7(2)3-8-4-9(12)6-10(5-8)16-11(13,14)15;1-8(2)7-9-3-5-10(6-4-9)15-11(12,13)14;1-8(2)6-9-4-5-12-10(7-9)11-3;1-8(2)7-9-3-5-10(11)6-4-9;1-7(2)5-8-3-4-11-9(10)6-8/h3-5,7,10H,6,8H2,1-2H3,(H3,15,16,17);3-5,7,10H,6,8H2,1-2H3,(H2,15,16);5-8H,9H2,1-4H3,(H,14,15);3-5,7,9H,6,8H2,1-2H3,(H3,13,14,15);4-7H,3H2,1-2H3;3-6,8H,7H2,1-2H3;4-5,7-8H,6H2,1-2H3;3-6,8H,7,11H2,1-2H3;3-4,6-7H,5H2,1-2H3. The Labute approximate surface area is 768 Å². The van der Waals surface area contributed by atoms with Gasteiger partial charge < -0.3 is 47.9 Å². The van der Waals surface area contributed by atoms with E-state index in [-0.39, 0.29) is 33.8 Å². The number of nitrogens with zero attached hydrogens (tertiary/aromatic N) is 7. The van der Waals surface area contributed by atoms with Crippen molar-refractivity contribution in [1.82, 2.24) is 25.9 Å². The van der Waals surface area contributed by atoms with Crippen molar-refractivity contribution >= 4 is 58.4 Å². The maximum Gasteiger partial charge on any atom is 0.573 e. The van der Waals surface area contributed by atoms with Gasteiger partial charge >= 0.3 is 18.8 Å². The summed E-state index contributed by atoms with van der Waals surface area (Å²) in [6, 6.07) is 58.0. The van der Waals surface area contributed by atoms with Crippen LogP contribution in [-0.2, 0) is 77.3 Å². The molecule has 0 aliphatic carbocycles. The van der Waals surface area contributed by atoms with Gasteiger partial charge in [0.1, 0.15) is 28.7 Å². The molecule has 0 radical (unpaired) electrons. The normalized spacial score (nSPS) is 11.1. The third kappa shape index (κ3) is 60.9. The van der Waals surface area contributed by atoms with Gasteiger partial charge in [-0.15, -0.1) is 31.3 Å². The van der Waals surface area contributed by atoms with E-state index in [1.54, 1.807) is 50.0 Å². The lowest BCUT2D eigenvalue weighted by Crippen LogP contribution is -2.28. The maximum atomic E-state index is 12.0. The number of halogens is 8. The number of primary amides is 1. The number of carbonyl (C=O) groups is 2. The van der Waals surface area contributed by atoms with Crippen LogP contribution in [0.4, 0.5) is 42.6 Å². The van der Waals surface area contributed by atoms with E-state index in [2.05, 4.69) is 216 Å². The van der Waals surface area contributed by atoms with Crippen LogP contribution in [0.3, 0.4) is 0 Å². The number of amides is 3. The van der Waals surface area contributed by atoms with Gasteiger partial charge in [0.25, 0.3) is 11.7 Å². The van der Waals surface area contributed by atoms with Crippen molar-refractivity contribution in [3.05, 3.63) is 294 Å². The van der Waals surface area contributed by atoms with Gasteiger partial charge in [-0.2, -0.15) is 15.5 Å². The van der Waals surface area contributed by atoms with Crippen molar-refractivity contribution in [2.24, 2.45) is 79.9 Å². The van der Waals surface area contributed by atoms with Crippen LogP contribution >= 0.6 is 23.2 Å². The van der Waals surface area contributed by atoms with Crippen LogP contribution < -0.4 is 48.4 Å². The number of urea groups is 1. The lowest BCUT2D eigenvalue weighted by atomic mass is 9.88. The first kappa shape index (κ1) is 114. The van der Waals surface area contributed by atoms with E-state index < -0.39 is 18.8 Å². The van der Waals surface area contributed by atoms with E-state index in [4.69, 9.17) is 63.2 Å². The van der Waals surface area contributed by atoms with Crippen LogP contribution in [0.25, 0.3) is 4.85 Å². The minimum atomic E-state index is -4.68. The highest BCUT2D eigenvalue weighted by molar-refractivity contribution is 6.30. The van der Waals surface area contributed by atoms with Crippen LogP contribution in [0.5, 0.6) is 11.5 Å². The number of hydrogen-bond acceptors (Lipinski definition) is 11. The first-order valence-corrected chi connectivity index (χ1v) is 43.6. The second kappa shape index (κ2) is 61.7. The van der Waals surface area contributed by atoms with E-state index in [1.807, 2.05) is 111 Å². The molecule has 11 N–H and O–H groups in total. The van der Waals surface area contributed by atoms with Gasteiger partial charge in [0.15, 0.2) is 6.19 Å². The largest absolute Gasteiger partial charge is 0.573 e. The molecule has 694 valence electrons. The smallest absolute Gasteiger partial charge is 0.406 e. The number of nitrogens with one attached hydrogen (secondary N) is 3. The summed E-state index contributed by atoms with van der Waals surface area (Å²) in [5, 5.41) is 25.0. The quantitative estimate of drug-likeness (QED) is 0.00389. The van der Waals surface area contributed by atoms with Crippen molar-refractivity contribution in [1.29, 1.82) is 10.5 Å². The van der Waals surface area contributed by atoms with E-state index in [9.17, 15) is 35.9 Å². The fourth-order valence-corrected chi connectivity index (χ4v) is 12.7. The number of carbonyl (C=O) groups excluding carboxylic acids is 2. The Balaban J connectivity index is 0.000000722. The molecular weight excluding hydrogens is 1670 g/mol. The van der Waals surface area contributed by atoms with Crippen LogP contribution in [0.15, 0.2) is 210 Å². The van der Waals surface area contributed by atoms with Gasteiger partial charge in [0, 0.05) is 42.5 Å². The maximum absolute atomic E-state index is 12.0. The van der Waals surface area contributed by atoms with Crippen molar-refractivity contribution in [2.45, 2.75) is 222 Å². The summed E-state index contributed by atoms with van der Waals surface area (Å²) in [5.74, 6) is 5.32. The first-order valence-electron chi connectivity index (χ1n) is 42.9. The molecule has 9 aromatic rings. The number of nitrogen functional groups attached to an aromatic ring is 1. The van der Waals surface area contributed by atoms with Gasteiger partial charge in [0.05, 0.1) is 6.54 Å². The molecule has 0 saturated carbocycles. The second-order valence-corrected chi connectivity index (χ2v) is 36.0. The Morgan fingerprint density at radius 2 is 0.883 bits per heavy atom. The molecule has 9 rings (SSSR count). The number of hydrogen-bond donors (Lipinski definition) is 7. The van der Waals surface area contributed by atoms with Gasteiger partial charge in [-0.3, -0.25) is 10.1 Å². The van der Waals surface area contributed by atoms with Crippen LogP contribution in [0.2, 0.25) is 10.2 Å². The average Bonchev–Trinajstić information content (AvgIpc) is 0.851. The molecular formula is C102H136Cl2F6N14O4. The van der Waals surface area contributed by atoms with Crippen molar-refractivity contribution in [3.63, 3.8) is 0 Å². The molecule has 0 bridgehead atoms. The SMILES string of the molecule is CC(C)Cc1cc(Cl)cc(OC(F)(F)F)c1.CC(C)Cc1ccc(N)cc1.CC(C)Cc1ccc(OC(F)(F)F)cc1.CC(C)Cc1cccc(CC(N)=NC#N)c1.CC(C)Cc1cccc(CN=C(N)NC#N)c1.CC(C)Cc1cccc(CNC(N)=O)c1.CC(C)Cc1ccnc(Cl)c1.CNC(=O)c1ccc(CC(C)(C)C)cc1.[C-]#[N+]c1cc(CC(C)C)ccn1. The van der Waals surface area contributed by atoms with Crippen LogP contribution in [-0.4, -0.2) is 53.5 Å². The Bertz CT molecular complexity index is 4850. The molecule has 0 aliphatic heterocycles. The number of ether oxygens (including phenoxy) is 2. The highest BCUT2D eigenvalue weighted by Gasteiger charge is 2.32. The molecule has 0 fully saturated rings. The Hall–Kier alpha value is -11.7. The zero-order valence-corrected chi connectivity index (χ0v) is 79.8. The lowest BCUT2D eigenvalue weighted by molar-refractivity contribution is -0.275. The van der Waals surface area contributed by atoms with E-state index in [1.165, 1.54) is 57.1 Å². The van der Waals surface area contributed by atoms with Crippen molar-refractivity contribution in [3.8, 4) is 23.9 Å². The molecule has 0 spiro atoms. The van der Waals surface area contributed by atoms with Crippen molar-refractivity contribution in [2.75, 3.05) is 12.8 Å². The van der Waals surface area contributed by atoms with E-state index in [0.717, 1.165) is 102 Å². The summed E-state index contributed by atoms with van der Waals surface area (Å²) in [5.41, 5.74) is 37.5. The zero-order valence-electron chi connectivity index (χ0n) is 78.3. The summed E-state index contributed by atoms with van der Waals surface area (Å²) in [7, 11) is 1.64. The fraction of sp³-hybridized carbons (Fsp3) is 0.422. The van der Waals surface area contributed by atoms with Crippen molar-refractivity contribution < 1.29 is 45.4 Å². The number of nitrogens with two attached hydrogens (primary N) is 4. The molecule has 2 heterocycles. The first-order chi connectivity index (χ1) is 59.9. The summed E-state index contributed by atoms with van der Waals surface area (Å²) < 4.78 is 79.1. The number of benzene rings is 7.